The van der Waals surface area contributed by atoms with E-state index in [1.54, 1.807) is 23.8 Å². The van der Waals surface area contributed by atoms with Crippen LogP contribution in [0.4, 0.5) is 5.82 Å². The van der Waals surface area contributed by atoms with E-state index in [-0.39, 0.29) is 11.7 Å². The van der Waals surface area contributed by atoms with Gasteiger partial charge in [-0.1, -0.05) is 0 Å². The monoisotopic (exact) mass is 251 g/mol. The van der Waals surface area contributed by atoms with E-state index in [0.29, 0.717) is 24.2 Å². The van der Waals surface area contributed by atoms with Gasteiger partial charge in [-0.05, 0) is 6.92 Å². The van der Waals surface area contributed by atoms with Crippen LogP contribution in [0.2, 0.25) is 0 Å². The van der Waals surface area contributed by atoms with Crippen LogP contribution in [0.25, 0.3) is 0 Å². The number of thiazole rings is 1. The molecule has 0 unspecified atom stereocenters. The molecule has 2 heterocycles. The van der Waals surface area contributed by atoms with Crippen molar-refractivity contribution in [1.82, 2.24) is 20.5 Å². The number of anilines is 1. The number of hydrogen-bond donors (Lipinski definition) is 3. The highest BCUT2D eigenvalue weighted by Gasteiger charge is 2.15. The van der Waals surface area contributed by atoms with E-state index in [9.17, 15) is 4.79 Å². The first kappa shape index (κ1) is 11.6. The maximum Gasteiger partial charge on any atom is 0.256 e. The number of nitrogens with zero attached hydrogens (tertiary/aromatic N) is 2. The van der Waals surface area contributed by atoms with Gasteiger partial charge in [-0.2, -0.15) is 5.10 Å². The molecule has 0 fully saturated rings. The molecule has 0 aromatic carbocycles. The molecular weight excluding hydrogens is 238 g/mol. The number of aromatic amines is 1. The third-order valence-corrected chi connectivity index (χ3v) is 2.99. The van der Waals surface area contributed by atoms with Crippen LogP contribution in [0.5, 0.6) is 0 Å². The summed E-state index contributed by atoms with van der Waals surface area (Å²) in [6.45, 7) is 2.30. The standard InChI is InChI=1S/C10H13N5OS/c1-6-8(9(11)15-14-6)10(16)12-3-2-7-4-17-5-13-7/h4-5H,2-3H2,1H3,(H,12,16)(H3,11,14,15). The molecule has 7 heteroatoms. The Balaban J connectivity index is 1.90. The minimum Gasteiger partial charge on any atom is -0.382 e. The SMILES string of the molecule is Cc1[nH]nc(N)c1C(=O)NCCc1cscn1. The Kier molecular flexibility index (Phi) is 3.38. The molecule has 0 saturated carbocycles. The molecule has 0 radical (unpaired) electrons. The first-order chi connectivity index (χ1) is 8.18. The van der Waals surface area contributed by atoms with Crippen LogP contribution in [-0.4, -0.2) is 27.6 Å². The number of rotatable bonds is 4. The van der Waals surface area contributed by atoms with Gasteiger partial charge in [-0.3, -0.25) is 9.89 Å². The van der Waals surface area contributed by atoms with Crippen molar-refractivity contribution in [2.24, 2.45) is 0 Å². The number of nitrogens with one attached hydrogen (secondary N) is 2. The summed E-state index contributed by atoms with van der Waals surface area (Å²) < 4.78 is 0. The highest BCUT2D eigenvalue weighted by molar-refractivity contribution is 7.07. The van der Waals surface area contributed by atoms with E-state index in [0.717, 1.165) is 5.69 Å². The van der Waals surface area contributed by atoms with E-state index in [1.165, 1.54) is 0 Å². The molecule has 90 valence electrons. The summed E-state index contributed by atoms with van der Waals surface area (Å²) in [5, 5.41) is 11.2. The molecule has 0 bridgehead atoms. The zero-order chi connectivity index (χ0) is 12.3. The maximum absolute atomic E-state index is 11.8. The van der Waals surface area contributed by atoms with Crippen LogP contribution in [0.1, 0.15) is 21.7 Å². The van der Waals surface area contributed by atoms with Crippen LogP contribution in [0, 0.1) is 6.92 Å². The van der Waals surface area contributed by atoms with Crippen molar-refractivity contribution < 1.29 is 4.79 Å². The Bertz CT molecular complexity index is 485. The minimum absolute atomic E-state index is 0.205. The van der Waals surface area contributed by atoms with Gasteiger partial charge in [0, 0.05) is 24.0 Å². The number of amides is 1. The number of nitrogen functional groups attached to an aromatic ring is 1. The van der Waals surface area contributed by atoms with E-state index >= 15 is 0 Å². The molecule has 0 aliphatic heterocycles. The quantitative estimate of drug-likeness (QED) is 0.746. The van der Waals surface area contributed by atoms with Gasteiger partial charge in [0.1, 0.15) is 5.56 Å². The third kappa shape index (κ3) is 2.62. The molecule has 4 N–H and O–H groups in total. The Hall–Kier alpha value is -1.89. The van der Waals surface area contributed by atoms with Gasteiger partial charge < -0.3 is 11.1 Å². The van der Waals surface area contributed by atoms with E-state index in [2.05, 4.69) is 20.5 Å². The van der Waals surface area contributed by atoms with Crippen molar-refractivity contribution in [3.8, 4) is 0 Å². The summed E-state index contributed by atoms with van der Waals surface area (Å²) in [6.07, 6.45) is 0.714. The molecular formula is C10H13N5OS. The second kappa shape index (κ2) is 4.96. The summed E-state index contributed by atoms with van der Waals surface area (Å²) in [6, 6.07) is 0. The molecule has 6 nitrogen and oxygen atoms in total. The molecule has 17 heavy (non-hydrogen) atoms. The van der Waals surface area contributed by atoms with E-state index in [4.69, 9.17) is 5.73 Å². The second-order valence-corrected chi connectivity index (χ2v) is 4.31. The summed E-state index contributed by atoms with van der Waals surface area (Å²) in [4.78, 5) is 15.9. The molecule has 0 saturated heterocycles. The number of aromatic nitrogens is 3. The van der Waals surface area contributed by atoms with Gasteiger partial charge >= 0.3 is 0 Å². The number of aryl methyl sites for hydroxylation is 1. The summed E-state index contributed by atoms with van der Waals surface area (Å²) >= 11 is 1.54. The molecule has 0 aliphatic carbocycles. The summed E-state index contributed by atoms with van der Waals surface area (Å²) in [7, 11) is 0. The highest BCUT2D eigenvalue weighted by Crippen LogP contribution is 2.11. The zero-order valence-electron chi connectivity index (χ0n) is 9.36. The predicted octanol–water partition coefficient (Wildman–Crippen LogP) is 0.729. The van der Waals surface area contributed by atoms with Gasteiger partial charge in [-0.15, -0.1) is 11.3 Å². The molecule has 1 amide bonds. The van der Waals surface area contributed by atoms with Crippen molar-refractivity contribution >= 4 is 23.1 Å². The van der Waals surface area contributed by atoms with Crippen molar-refractivity contribution in [2.45, 2.75) is 13.3 Å². The van der Waals surface area contributed by atoms with Crippen molar-refractivity contribution in [1.29, 1.82) is 0 Å². The number of nitrogens with two attached hydrogens (primary N) is 1. The predicted molar refractivity (Wildman–Crippen MR) is 65.9 cm³/mol. The van der Waals surface area contributed by atoms with Crippen molar-refractivity contribution in [3.05, 3.63) is 27.8 Å². The average Bonchev–Trinajstić information content (AvgIpc) is 2.89. The van der Waals surface area contributed by atoms with Crippen LogP contribution < -0.4 is 11.1 Å². The van der Waals surface area contributed by atoms with Crippen LogP contribution >= 0.6 is 11.3 Å². The fourth-order valence-corrected chi connectivity index (χ4v) is 2.08. The first-order valence-corrected chi connectivity index (χ1v) is 6.08. The second-order valence-electron chi connectivity index (χ2n) is 3.59. The molecule has 2 aromatic heterocycles. The minimum atomic E-state index is -0.205. The Labute approximate surface area is 102 Å². The van der Waals surface area contributed by atoms with Crippen molar-refractivity contribution in [3.63, 3.8) is 0 Å². The lowest BCUT2D eigenvalue weighted by molar-refractivity contribution is 0.0954. The Morgan fingerprint density at radius 3 is 3.06 bits per heavy atom. The molecule has 0 spiro atoms. The number of carbonyl (C=O) groups is 1. The number of hydrogen-bond acceptors (Lipinski definition) is 5. The lowest BCUT2D eigenvalue weighted by Gasteiger charge is -2.03. The van der Waals surface area contributed by atoms with Gasteiger partial charge in [0.25, 0.3) is 5.91 Å². The fourth-order valence-electron chi connectivity index (χ4n) is 1.49. The van der Waals surface area contributed by atoms with E-state index < -0.39 is 0 Å². The smallest absolute Gasteiger partial charge is 0.256 e. The molecule has 0 atom stereocenters. The van der Waals surface area contributed by atoms with Crippen molar-refractivity contribution in [2.75, 3.05) is 12.3 Å². The molecule has 0 aliphatic rings. The first-order valence-electron chi connectivity index (χ1n) is 5.14. The normalized spacial score (nSPS) is 10.4. The summed E-state index contributed by atoms with van der Waals surface area (Å²) in [5.74, 6) is 0.0256. The lowest BCUT2D eigenvalue weighted by Crippen LogP contribution is -2.26. The van der Waals surface area contributed by atoms with Gasteiger partial charge in [-0.25, -0.2) is 4.98 Å². The average molecular weight is 251 g/mol. The van der Waals surface area contributed by atoms with Crippen LogP contribution in [0.15, 0.2) is 10.9 Å². The maximum atomic E-state index is 11.8. The molecule has 2 aromatic rings. The highest BCUT2D eigenvalue weighted by atomic mass is 32.1. The number of H-pyrrole nitrogens is 1. The van der Waals surface area contributed by atoms with Crippen LogP contribution in [0.3, 0.4) is 0 Å². The van der Waals surface area contributed by atoms with Crippen LogP contribution in [-0.2, 0) is 6.42 Å². The zero-order valence-corrected chi connectivity index (χ0v) is 10.2. The third-order valence-electron chi connectivity index (χ3n) is 2.35. The number of carbonyl (C=O) groups excluding carboxylic acids is 1. The van der Waals surface area contributed by atoms with Gasteiger partial charge in [0.2, 0.25) is 0 Å². The Morgan fingerprint density at radius 1 is 1.65 bits per heavy atom. The topological polar surface area (TPSA) is 96.7 Å². The Morgan fingerprint density at radius 2 is 2.47 bits per heavy atom. The van der Waals surface area contributed by atoms with E-state index in [1.807, 2.05) is 5.38 Å². The fraction of sp³-hybridized carbons (Fsp3) is 0.300. The summed E-state index contributed by atoms with van der Waals surface area (Å²) in [5.41, 5.74) is 9.44. The van der Waals surface area contributed by atoms with Gasteiger partial charge in [0.15, 0.2) is 5.82 Å². The lowest BCUT2D eigenvalue weighted by atomic mass is 10.2. The van der Waals surface area contributed by atoms with Gasteiger partial charge in [0.05, 0.1) is 11.2 Å². The largest absolute Gasteiger partial charge is 0.382 e. The molecule has 2 rings (SSSR count).